The van der Waals surface area contributed by atoms with Crippen LogP contribution in [-0.4, -0.2) is 30.0 Å². The first-order valence-corrected chi connectivity index (χ1v) is 5.21. The van der Waals surface area contributed by atoms with Crippen molar-refractivity contribution in [3.8, 4) is 0 Å². The number of nitrogens with two attached hydrogens (primary N) is 1. The largest absolute Gasteiger partial charge is 0.381 e. The average Bonchev–Trinajstić information content (AvgIpc) is 2.68. The average molecular weight is 195 g/mol. The molecule has 0 bridgehead atoms. The molecule has 1 aromatic rings. The van der Waals surface area contributed by atoms with Crippen LogP contribution >= 0.6 is 0 Å². The zero-order chi connectivity index (χ0) is 9.80. The minimum Gasteiger partial charge on any atom is -0.381 e. The predicted octanol–water partition coefficient (Wildman–Crippen LogP) is 0.805. The molecular weight excluding hydrogens is 178 g/mol. The van der Waals surface area contributed by atoms with Gasteiger partial charge in [0.2, 0.25) is 0 Å². The summed E-state index contributed by atoms with van der Waals surface area (Å²) in [5, 5.41) is 7.19. The molecule has 0 amide bonds. The second kappa shape index (κ2) is 4.57. The summed E-state index contributed by atoms with van der Waals surface area (Å²) in [6.45, 7) is 2.42. The molecule has 0 saturated carbocycles. The van der Waals surface area contributed by atoms with Crippen LogP contribution in [0.1, 0.15) is 30.0 Å². The molecule has 2 rings (SSSR count). The number of nitrogens with zero attached hydrogens (tertiary/aromatic N) is 1. The molecule has 0 spiro atoms. The summed E-state index contributed by atoms with van der Waals surface area (Å²) in [6, 6.07) is 0. The van der Waals surface area contributed by atoms with Gasteiger partial charge in [0.15, 0.2) is 0 Å². The number of hydrogen-bond acceptors (Lipinski definition) is 3. The van der Waals surface area contributed by atoms with E-state index in [-0.39, 0.29) is 0 Å². The first kappa shape index (κ1) is 9.68. The fraction of sp³-hybridized carbons (Fsp3) is 0.700. The number of hydrogen-bond donors (Lipinski definition) is 2. The van der Waals surface area contributed by atoms with Gasteiger partial charge < -0.3 is 10.5 Å². The maximum Gasteiger partial charge on any atom is 0.0522 e. The summed E-state index contributed by atoms with van der Waals surface area (Å²) in [5.74, 6) is 0.591. The molecule has 1 aromatic heterocycles. The zero-order valence-corrected chi connectivity index (χ0v) is 8.33. The van der Waals surface area contributed by atoms with Gasteiger partial charge in [-0.05, 0) is 31.4 Å². The molecule has 14 heavy (non-hydrogen) atoms. The van der Waals surface area contributed by atoms with Gasteiger partial charge in [0, 0.05) is 24.8 Å². The number of ether oxygens (including phenoxy) is 1. The molecule has 3 N–H and O–H groups in total. The minimum atomic E-state index is 0.591. The van der Waals surface area contributed by atoms with Crippen LogP contribution in [0.15, 0.2) is 6.20 Å². The second-order valence-corrected chi connectivity index (χ2v) is 3.73. The van der Waals surface area contributed by atoms with E-state index in [4.69, 9.17) is 10.5 Å². The molecular formula is C10H17N3O. The van der Waals surface area contributed by atoms with Gasteiger partial charge in [-0.15, -0.1) is 0 Å². The van der Waals surface area contributed by atoms with Crippen LogP contribution in [0.3, 0.4) is 0 Å². The molecule has 1 aliphatic heterocycles. The molecule has 0 aromatic carbocycles. The molecule has 1 aliphatic rings. The highest BCUT2D eigenvalue weighted by molar-refractivity contribution is 5.21. The topological polar surface area (TPSA) is 63.9 Å². The van der Waals surface area contributed by atoms with Crippen LogP contribution in [0.25, 0.3) is 0 Å². The molecule has 0 radical (unpaired) electrons. The minimum absolute atomic E-state index is 0.591. The van der Waals surface area contributed by atoms with E-state index in [2.05, 4.69) is 10.2 Å². The lowest BCUT2D eigenvalue weighted by Crippen LogP contribution is -2.16. The van der Waals surface area contributed by atoms with E-state index in [1.54, 1.807) is 0 Å². The van der Waals surface area contributed by atoms with Crippen LogP contribution in [0, 0.1) is 0 Å². The van der Waals surface area contributed by atoms with Crippen molar-refractivity contribution in [2.45, 2.75) is 25.2 Å². The van der Waals surface area contributed by atoms with Crippen LogP contribution in [-0.2, 0) is 11.2 Å². The Kier molecular flexibility index (Phi) is 3.16. The van der Waals surface area contributed by atoms with Crippen molar-refractivity contribution in [1.29, 1.82) is 0 Å². The molecule has 0 unspecified atom stereocenters. The van der Waals surface area contributed by atoms with Gasteiger partial charge >= 0.3 is 0 Å². The van der Waals surface area contributed by atoms with E-state index >= 15 is 0 Å². The highest BCUT2D eigenvalue weighted by atomic mass is 16.5. The van der Waals surface area contributed by atoms with E-state index in [9.17, 15) is 0 Å². The van der Waals surface area contributed by atoms with Crippen molar-refractivity contribution < 1.29 is 4.74 Å². The van der Waals surface area contributed by atoms with E-state index < -0.39 is 0 Å². The van der Waals surface area contributed by atoms with Crippen LogP contribution in [0.2, 0.25) is 0 Å². The predicted molar refractivity (Wildman–Crippen MR) is 54.1 cm³/mol. The van der Waals surface area contributed by atoms with Gasteiger partial charge in [0.05, 0.1) is 6.20 Å². The second-order valence-electron chi connectivity index (χ2n) is 3.73. The summed E-state index contributed by atoms with van der Waals surface area (Å²) in [5.41, 5.74) is 8.11. The van der Waals surface area contributed by atoms with Gasteiger partial charge in [-0.25, -0.2) is 0 Å². The summed E-state index contributed by atoms with van der Waals surface area (Å²) in [7, 11) is 0. The smallest absolute Gasteiger partial charge is 0.0522 e. The van der Waals surface area contributed by atoms with E-state index in [0.29, 0.717) is 12.5 Å². The van der Waals surface area contributed by atoms with Gasteiger partial charge in [-0.3, -0.25) is 5.10 Å². The lowest BCUT2D eigenvalue weighted by molar-refractivity contribution is 0.0843. The van der Waals surface area contributed by atoms with Gasteiger partial charge in [-0.1, -0.05) is 0 Å². The Bertz CT molecular complexity index is 279. The van der Waals surface area contributed by atoms with Gasteiger partial charge in [0.25, 0.3) is 0 Å². The molecule has 1 fully saturated rings. The number of nitrogens with one attached hydrogen (secondary N) is 1. The van der Waals surface area contributed by atoms with Crippen LogP contribution in [0.4, 0.5) is 0 Å². The van der Waals surface area contributed by atoms with E-state index in [0.717, 1.165) is 32.5 Å². The first-order valence-electron chi connectivity index (χ1n) is 5.21. The standard InChI is InChI=1S/C10H17N3O/c11-4-1-9-7-12-13-10(9)8-2-5-14-6-3-8/h7-8H,1-6,11H2,(H,12,13). The van der Waals surface area contributed by atoms with Crippen molar-refractivity contribution in [1.82, 2.24) is 10.2 Å². The fourth-order valence-corrected chi connectivity index (χ4v) is 2.02. The lowest BCUT2D eigenvalue weighted by atomic mass is 9.93. The maximum atomic E-state index is 5.55. The highest BCUT2D eigenvalue weighted by Gasteiger charge is 2.19. The van der Waals surface area contributed by atoms with Gasteiger partial charge in [-0.2, -0.15) is 5.10 Å². The van der Waals surface area contributed by atoms with Crippen molar-refractivity contribution in [2.24, 2.45) is 5.73 Å². The number of aromatic nitrogens is 2. The summed E-state index contributed by atoms with van der Waals surface area (Å²) >= 11 is 0. The molecule has 78 valence electrons. The Labute approximate surface area is 83.8 Å². The van der Waals surface area contributed by atoms with Crippen molar-refractivity contribution in [3.05, 3.63) is 17.5 Å². The zero-order valence-electron chi connectivity index (χ0n) is 8.33. The Morgan fingerprint density at radius 3 is 3.00 bits per heavy atom. The molecule has 4 heteroatoms. The monoisotopic (exact) mass is 195 g/mol. The summed E-state index contributed by atoms with van der Waals surface area (Å²) < 4.78 is 5.34. The lowest BCUT2D eigenvalue weighted by Gasteiger charge is -2.21. The van der Waals surface area contributed by atoms with Crippen molar-refractivity contribution in [2.75, 3.05) is 19.8 Å². The highest BCUT2D eigenvalue weighted by Crippen LogP contribution is 2.27. The van der Waals surface area contributed by atoms with Crippen molar-refractivity contribution in [3.63, 3.8) is 0 Å². The molecule has 0 aliphatic carbocycles. The van der Waals surface area contributed by atoms with Crippen LogP contribution < -0.4 is 5.73 Å². The quantitative estimate of drug-likeness (QED) is 0.750. The van der Waals surface area contributed by atoms with E-state index in [1.807, 2.05) is 6.20 Å². The fourth-order valence-electron chi connectivity index (χ4n) is 2.02. The first-order chi connectivity index (χ1) is 6.92. The molecule has 0 atom stereocenters. The summed E-state index contributed by atoms with van der Waals surface area (Å²) in [6.07, 6.45) is 5.01. The number of H-pyrrole nitrogens is 1. The third-order valence-electron chi connectivity index (χ3n) is 2.79. The molecule has 1 saturated heterocycles. The van der Waals surface area contributed by atoms with Gasteiger partial charge in [0.1, 0.15) is 0 Å². The number of aromatic amines is 1. The Balaban J connectivity index is 2.09. The third kappa shape index (κ3) is 1.96. The third-order valence-corrected chi connectivity index (χ3v) is 2.79. The normalized spacial score (nSPS) is 18.6. The van der Waals surface area contributed by atoms with Crippen molar-refractivity contribution >= 4 is 0 Å². The maximum absolute atomic E-state index is 5.55. The van der Waals surface area contributed by atoms with E-state index in [1.165, 1.54) is 11.3 Å². The summed E-state index contributed by atoms with van der Waals surface area (Å²) in [4.78, 5) is 0. The Morgan fingerprint density at radius 2 is 2.29 bits per heavy atom. The Hall–Kier alpha value is -0.870. The molecule has 2 heterocycles. The SMILES string of the molecule is NCCc1cn[nH]c1C1CCOCC1. The Morgan fingerprint density at radius 1 is 1.50 bits per heavy atom. The molecule has 4 nitrogen and oxygen atoms in total. The van der Waals surface area contributed by atoms with Crippen LogP contribution in [0.5, 0.6) is 0 Å². The number of rotatable bonds is 3.